The van der Waals surface area contributed by atoms with Crippen molar-refractivity contribution >= 4 is 48.2 Å². The summed E-state index contributed by atoms with van der Waals surface area (Å²) in [5.74, 6) is -6.32. The zero-order chi connectivity index (χ0) is 25.6. The molecular weight excluding hydrogens is 460 g/mol. The molecule has 0 heterocycles. The molecule has 0 aliphatic rings. The zero-order valence-corrected chi connectivity index (χ0v) is 18.9. The summed E-state index contributed by atoms with van der Waals surface area (Å²) in [5, 5.41) is 25.0. The standard InChI is InChI=1S/C18H32N6O8S/c19-6-2-1-3-11(18(31)32)23-16(29)10(4-5-14(26)27)22-17(30)12(7-13(21)25)24-15(28)9(20)8-33/h9-12,33H,1-8,19-20H2,(H2,21,25)(H,22,30)(H,23,29)(H,24,28)(H,26,27)(H,31,32). The lowest BCUT2D eigenvalue weighted by Crippen LogP contribution is -2.58. The molecule has 0 aliphatic heterocycles. The Morgan fingerprint density at radius 1 is 0.818 bits per heavy atom. The molecule has 0 saturated heterocycles. The number of unbranched alkanes of at least 4 members (excludes halogenated alkanes) is 1. The number of aliphatic carboxylic acids is 2. The van der Waals surface area contributed by atoms with Crippen LogP contribution in [0.3, 0.4) is 0 Å². The summed E-state index contributed by atoms with van der Waals surface area (Å²) in [4.78, 5) is 71.0. The molecule has 4 unspecified atom stereocenters. The van der Waals surface area contributed by atoms with Gasteiger partial charge in [-0.2, -0.15) is 12.6 Å². The highest BCUT2D eigenvalue weighted by Crippen LogP contribution is 2.05. The maximum atomic E-state index is 12.7. The first-order chi connectivity index (χ1) is 15.4. The minimum absolute atomic E-state index is 0.0544. The molecule has 0 aliphatic carbocycles. The van der Waals surface area contributed by atoms with Crippen LogP contribution in [0.2, 0.25) is 0 Å². The van der Waals surface area contributed by atoms with Crippen LogP contribution in [0.15, 0.2) is 0 Å². The van der Waals surface area contributed by atoms with Crippen LogP contribution in [0.5, 0.6) is 0 Å². The van der Waals surface area contributed by atoms with Crippen molar-refractivity contribution in [3.8, 4) is 0 Å². The van der Waals surface area contributed by atoms with Crippen LogP contribution in [0, 0.1) is 0 Å². The molecule has 4 atom stereocenters. The molecule has 0 spiro atoms. The summed E-state index contributed by atoms with van der Waals surface area (Å²) >= 11 is 3.87. The van der Waals surface area contributed by atoms with Crippen molar-refractivity contribution in [3.05, 3.63) is 0 Å². The molecule has 0 radical (unpaired) electrons. The quantitative estimate of drug-likeness (QED) is 0.0719. The molecule has 15 heteroatoms. The van der Waals surface area contributed by atoms with Crippen LogP contribution in [-0.2, 0) is 28.8 Å². The van der Waals surface area contributed by atoms with E-state index in [1.165, 1.54) is 0 Å². The van der Waals surface area contributed by atoms with E-state index in [0.29, 0.717) is 19.4 Å². The summed E-state index contributed by atoms with van der Waals surface area (Å²) in [5.41, 5.74) is 16.0. The Hall–Kier alpha value is -2.91. The van der Waals surface area contributed by atoms with Gasteiger partial charge in [-0.05, 0) is 32.2 Å². The van der Waals surface area contributed by atoms with Gasteiger partial charge in [-0.3, -0.25) is 24.0 Å². The first-order valence-corrected chi connectivity index (χ1v) is 10.8. The minimum Gasteiger partial charge on any atom is -0.481 e. The monoisotopic (exact) mass is 492 g/mol. The Balaban J connectivity index is 5.50. The van der Waals surface area contributed by atoms with E-state index < -0.39 is 72.6 Å². The highest BCUT2D eigenvalue weighted by Gasteiger charge is 2.31. The van der Waals surface area contributed by atoms with Gasteiger partial charge in [0.2, 0.25) is 23.6 Å². The van der Waals surface area contributed by atoms with Gasteiger partial charge in [0, 0.05) is 12.2 Å². The smallest absolute Gasteiger partial charge is 0.326 e. The van der Waals surface area contributed by atoms with E-state index in [1.54, 1.807) is 0 Å². The van der Waals surface area contributed by atoms with Crippen LogP contribution in [0.1, 0.15) is 38.5 Å². The second kappa shape index (κ2) is 15.8. The number of rotatable bonds is 17. The van der Waals surface area contributed by atoms with Crippen LogP contribution in [-0.4, -0.2) is 82.2 Å². The highest BCUT2D eigenvalue weighted by molar-refractivity contribution is 7.80. The maximum absolute atomic E-state index is 12.7. The second-order valence-electron chi connectivity index (χ2n) is 7.20. The number of thiol groups is 1. The molecule has 0 rings (SSSR count). The lowest BCUT2D eigenvalue weighted by atomic mass is 10.1. The number of carbonyl (C=O) groups is 6. The summed E-state index contributed by atoms with van der Waals surface area (Å²) in [6, 6.07) is -5.34. The molecule has 0 aromatic rings. The van der Waals surface area contributed by atoms with E-state index >= 15 is 0 Å². The van der Waals surface area contributed by atoms with Gasteiger partial charge in [-0.15, -0.1) is 0 Å². The third-order valence-electron chi connectivity index (χ3n) is 4.41. The SMILES string of the molecule is NCCCCC(NC(=O)C(CCC(=O)O)NC(=O)C(CC(N)=O)NC(=O)C(N)CS)C(=O)O. The van der Waals surface area contributed by atoms with Gasteiger partial charge in [-0.25, -0.2) is 4.79 Å². The molecular formula is C18H32N6O8S. The number of nitrogens with two attached hydrogens (primary N) is 3. The van der Waals surface area contributed by atoms with E-state index in [0.717, 1.165) is 0 Å². The Labute approximate surface area is 195 Å². The number of carboxylic acid groups (broad SMARTS) is 2. The molecule has 11 N–H and O–H groups in total. The number of amides is 4. The molecule has 4 amide bonds. The Bertz CT molecular complexity index is 722. The first-order valence-electron chi connectivity index (χ1n) is 10.1. The molecule has 188 valence electrons. The molecule has 33 heavy (non-hydrogen) atoms. The maximum Gasteiger partial charge on any atom is 0.326 e. The normalized spacial score (nSPS) is 14.3. The second-order valence-corrected chi connectivity index (χ2v) is 7.56. The van der Waals surface area contributed by atoms with Crippen LogP contribution in [0.4, 0.5) is 0 Å². The fourth-order valence-corrected chi connectivity index (χ4v) is 2.77. The van der Waals surface area contributed by atoms with Crippen molar-refractivity contribution in [3.63, 3.8) is 0 Å². The van der Waals surface area contributed by atoms with Crippen molar-refractivity contribution < 1.29 is 39.0 Å². The fraction of sp³-hybridized carbons (Fsp3) is 0.667. The van der Waals surface area contributed by atoms with E-state index in [1.807, 2.05) is 0 Å². The first kappa shape index (κ1) is 30.1. The predicted molar refractivity (Wildman–Crippen MR) is 119 cm³/mol. The third kappa shape index (κ3) is 12.6. The lowest BCUT2D eigenvalue weighted by Gasteiger charge is -2.24. The van der Waals surface area contributed by atoms with Crippen LogP contribution in [0.25, 0.3) is 0 Å². The molecule has 0 saturated carbocycles. The summed E-state index contributed by atoms with van der Waals surface area (Å²) in [6.07, 6.45) is -0.517. The van der Waals surface area contributed by atoms with Crippen LogP contribution < -0.4 is 33.2 Å². The molecule has 0 bridgehead atoms. The molecule has 14 nitrogen and oxygen atoms in total. The molecule has 0 aromatic carbocycles. The van der Waals surface area contributed by atoms with Gasteiger partial charge in [0.15, 0.2) is 0 Å². The van der Waals surface area contributed by atoms with Crippen molar-refractivity contribution in [2.24, 2.45) is 17.2 Å². The largest absolute Gasteiger partial charge is 0.481 e. The number of hydrogen-bond donors (Lipinski definition) is 9. The van der Waals surface area contributed by atoms with Crippen LogP contribution >= 0.6 is 12.6 Å². The Morgan fingerprint density at radius 3 is 1.85 bits per heavy atom. The molecule has 0 fully saturated rings. The highest BCUT2D eigenvalue weighted by atomic mass is 32.1. The van der Waals surface area contributed by atoms with Crippen molar-refractivity contribution in [2.75, 3.05) is 12.3 Å². The Morgan fingerprint density at radius 2 is 1.36 bits per heavy atom. The van der Waals surface area contributed by atoms with E-state index in [9.17, 15) is 33.9 Å². The summed E-state index contributed by atoms with van der Waals surface area (Å²) in [6.45, 7) is 0.335. The fourth-order valence-electron chi connectivity index (χ4n) is 2.60. The van der Waals surface area contributed by atoms with Gasteiger partial charge in [0.05, 0.1) is 12.5 Å². The third-order valence-corrected chi connectivity index (χ3v) is 4.81. The summed E-state index contributed by atoms with van der Waals surface area (Å²) in [7, 11) is 0. The van der Waals surface area contributed by atoms with Crippen molar-refractivity contribution in [1.29, 1.82) is 0 Å². The average Bonchev–Trinajstić information content (AvgIpc) is 2.73. The average molecular weight is 493 g/mol. The van der Waals surface area contributed by atoms with Gasteiger partial charge < -0.3 is 43.4 Å². The van der Waals surface area contributed by atoms with Gasteiger partial charge in [0.1, 0.15) is 18.1 Å². The minimum atomic E-state index is -1.50. The zero-order valence-electron chi connectivity index (χ0n) is 18.0. The number of nitrogens with one attached hydrogen (secondary N) is 3. The number of hydrogen-bond acceptors (Lipinski definition) is 9. The Kier molecular flexibility index (Phi) is 14.4. The predicted octanol–water partition coefficient (Wildman–Crippen LogP) is -3.35. The van der Waals surface area contributed by atoms with Gasteiger partial charge in [-0.1, -0.05) is 0 Å². The van der Waals surface area contributed by atoms with Crippen molar-refractivity contribution in [1.82, 2.24) is 16.0 Å². The number of carbonyl (C=O) groups excluding carboxylic acids is 4. The summed E-state index contributed by atoms with van der Waals surface area (Å²) < 4.78 is 0. The topological polar surface area (TPSA) is 257 Å². The number of primary amides is 1. The molecule has 0 aromatic heterocycles. The van der Waals surface area contributed by atoms with E-state index in [2.05, 4.69) is 28.6 Å². The van der Waals surface area contributed by atoms with Crippen molar-refractivity contribution in [2.45, 2.75) is 62.7 Å². The van der Waals surface area contributed by atoms with Gasteiger partial charge >= 0.3 is 11.9 Å². The van der Waals surface area contributed by atoms with E-state index in [-0.39, 0.29) is 18.6 Å². The number of carboxylic acids is 2. The lowest BCUT2D eigenvalue weighted by molar-refractivity contribution is -0.143. The van der Waals surface area contributed by atoms with E-state index in [4.69, 9.17) is 22.3 Å². The van der Waals surface area contributed by atoms with Gasteiger partial charge in [0.25, 0.3) is 0 Å².